The fraction of sp³-hybridized carbons (Fsp3) is 0.533. The van der Waals surface area contributed by atoms with Crippen LogP contribution >= 0.6 is 11.6 Å². The molecule has 5 heteroatoms. The predicted molar refractivity (Wildman–Crippen MR) is 79.7 cm³/mol. The molecule has 1 fully saturated rings. The summed E-state index contributed by atoms with van der Waals surface area (Å²) >= 11 is 6.07. The van der Waals surface area contributed by atoms with Gasteiger partial charge in [0.25, 0.3) is 0 Å². The van der Waals surface area contributed by atoms with E-state index in [9.17, 15) is 4.79 Å². The second-order valence-corrected chi connectivity index (χ2v) is 5.52. The zero-order chi connectivity index (χ0) is 14.4. The first-order valence-electron chi connectivity index (χ1n) is 7.03. The highest BCUT2D eigenvalue weighted by atomic mass is 35.5. The van der Waals surface area contributed by atoms with Gasteiger partial charge in [-0.25, -0.2) is 0 Å². The number of ether oxygens (including phenoxy) is 1. The molecule has 1 aliphatic heterocycles. The number of nitrogens with one attached hydrogen (secondary N) is 1. The van der Waals surface area contributed by atoms with Gasteiger partial charge in [0.1, 0.15) is 0 Å². The molecule has 0 saturated carbocycles. The smallest absolute Gasteiger partial charge is 0.237 e. The highest BCUT2D eigenvalue weighted by molar-refractivity contribution is 6.31. The Morgan fingerprint density at radius 2 is 2.10 bits per heavy atom. The van der Waals surface area contributed by atoms with Crippen LogP contribution in [0.1, 0.15) is 18.4 Å². The summed E-state index contributed by atoms with van der Waals surface area (Å²) in [6, 6.07) is 7.21. The average Bonchev–Trinajstić information content (AvgIpc) is 2.49. The number of benzene rings is 1. The van der Waals surface area contributed by atoms with Crippen molar-refractivity contribution in [3.63, 3.8) is 0 Å². The van der Waals surface area contributed by atoms with E-state index in [0.29, 0.717) is 26.2 Å². The highest BCUT2D eigenvalue weighted by Crippen LogP contribution is 2.18. The molecule has 0 aliphatic carbocycles. The lowest BCUT2D eigenvalue weighted by molar-refractivity contribution is -0.124. The second-order valence-electron chi connectivity index (χ2n) is 5.11. The number of halogens is 1. The molecule has 110 valence electrons. The van der Waals surface area contributed by atoms with Gasteiger partial charge in [0.2, 0.25) is 5.91 Å². The van der Waals surface area contributed by atoms with Crippen LogP contribution in [0.5, 0.6) is 0 Å². The molecule has 1 aliphatic rings. The topological polar surface area (TPSA) is 64.4 Å². The van der Waals surface area contributed by atoms with E-state index in [-0.39, 0.29) is 11.8 Å². The second kappa shape index (κ2) is 7.62. The molecule has 0 radical (unpaired) electrons. The summed E-state index contributed by atoms with van der Waals surface area (Å²) < 4.78 is 5.28. The van der Waals surface area contributed by atoms with Crippen molar-refractivity contribution in [2.45, 2.75) is 25.3 Å². The molecule has 1 heterocycles. The summed E-state index contributed by atoms with van der Waals surface area (Å²) in [6.45, 7) is 1.95. The van der Waals surface area contributed by atoms with E-state index in [1.54, 1.807) is 0 Å². The Labute approximate surface area is 124 Å². The van der Waals surface area contributed by atoms with Crippen LogP contribution in [-0.4, -0.2) is 31.7 Å². The summed E-state index contributed by atoms with van der Waals surface area (Å²) in [6.07, 6.45) is 2.43. The molecule has 20 heavy (non-hydrogen) atoms. The summed E-state index contributed by atoms with van der Waals surface area (Å²) in [5.74, 6) is 0.146. The van der Waals surface area contributed by atoms with Gasteiger partial charge in [-0.1, -0.05) is 29.8 Å². The molecule has 3 N–H and O–H groups in total. The molecule has 1 saturated heterocycles. The van der Waals surface area contributed by atoms with Crippen LogP contribution in [0.15, 0.2) is 24.3 Å². The molecule has 0 aromatic heterocycles. The zero-order valence-corrected chi connectivity index (χ0v) is 12.2. The number of carbonyl (C=O) groups is 1. The lowest BCUT2D eigenvalue weighted by atomic mass is 9.92. The molecule has 1 aromatic rings. The molecule has 0 spiro atoms. The van der Waals surface area contributed by atoms with Crippen LogP contribution in [0.2, 0.25) is 5.02 Å². The van der Waals surface area contributed by atoms with Gasteiger partial charge in [0.15, 0.2) is 0 Å². The lowest BCUT2D eigenvalue weighted by Gasteiger charge is -2.26. The van der Waals surface area contributed by atoms with Crippen LogP contribution in [0.25, 0.3) is 0 Å². The minimum absolute atomic E-state index is 0.0797. The molecule has 1 unspecified atom stereocenters. The molecule has 2 rings (SSSR count). The normalized spacial score (nSPS) is 17.7. The number of carbonyl (C=O) groups excluding carboxylic acids is 1. The van der Waals surface area contributed by atoms with E-state index in [1.807, 2.05) is 24.3 Å². The van der Waals surface area contributed by atoms with Crippen molar-refractivity contribution in [3.8, 4) is 0 Å². The Bertz CT molecular complexity index is 447. The number of rotatable bonds is 5. The fourth-order valence-electron chi connectivity index (χ4n) is 2.43. The van der Waals surface area contributed by atoms with Crippen LogP contribution in [-0.2, 0) is 16.0 Å². The van der Waals surface area contributed by atoms with E-state index >= 15 is 0 Å². The molecule has 1 aromatic carbocycles. The third kappa shape index (κ3) is 4.20. The fourth-order valence-corrected chi connectivity index (χ4v) is 2.66. The van der Waals surface area contributed by atoms with Gasteiger partial charge in [-0.05, 0) is 36.8 Å². The molecular weight excluding hydrogens is 276 g/mol. The van der Waals surface area contributed by atoms with Gasteiger partial charge in [0, 0.05) is 24.8 Å². The minimum atomic E-state index is -0.440. The molecular formula is C15H21ClN2O2. The van der Waals surface area contributed by atoms with Crippen LogP contribution in [0.4, 0.5) is 0 Å². The Morgan fingerprint density at radius 3 is 2.80 bits per heavy atom. The first kappa shape index (κ1) is 15.3. The average molecular weight is 297 g/mol. The summed E-state index contributed by atoms with van der Waals surface area (Å²) in [5, 5.41) is 3.62. The quantitative estimate of drug-likeness (QED) is 0.870. The number of hydrogen-bond acceptors (Lipinski definition) is 3. The molecule has 1 amide bonds. The minimum Gasteiger partial charge on any atom is -0.381 e. The summed E-state index contributed by atoms with van der Waals surface area (Å²) in [5.41, 5.74) is 7.04. The predicted octanol–water partition coefficient (Wildman–Crippen LogP) is 1.75. The van der Waals surface area contributed by atoms with Crippen molar-refractivity contribution >= 4 is 17.5 Å². The third-order valence-corrected chi connectivity index (χ3v) is 4.10. The van der Waals surface area contributed by atoms with Crippen molar-refractivity contribution in [1.29, 1.82) is 0 Å². The van der Waals surface area contributed by atoms with E-state index in [1.165, 1.54) is 0 Å². The highest BCUT2D eigenvalue weighted by Gasteiger charge is 2.26. The van der Waals surface area contributed by atoms with Crippen molar-refractivity contribution in [2.24, 2.45) is 11.7 Å². The zero-order valence-electron chi connectivity index (χ0n) is 11.5. The van der Waals surface area contributed by atoms with E-state index in [2.05, 4.69) is 5.32 Å². The van der Waals surface area contributed by atoms with Gasteiger partial charge in [-0.3, -0.25) is 4.79 Å². The third-order valence-electron chi connectivity index (χ3n) is 3.73. The summed E-state index contributed by atoms with van der Waals surface area (Å²) in [4.78, 5) is 12.0. The van der Waals surface area contributed by atoms with Gasteiger partial charge in [0.05, 0.1) is 6.04 Å². The van der Waals surface area contributed by atoms with Crippen molar-refractivity contribution in [2.75, 3.05) is 19.8 Å². The first-order chi connectivity index (χ1) is 9.68. The van der Waals surface area contributed by atoms with Crippen molar-refractivity contribution in [3.05, 3.63) is 34.9 Å². The molecule has 1 atom stereocenters. The molecule has 4 nitrogen and oxygen atoms in total. The van der Waals surface area contributed by atoms with E-state index in [4.69, 9.17) is 22.1 Å². The number of hydrogen-bond donors (Lipinski definition) is 2. The Morgan fingerprint density at radius 1 is 1.40 bits per heavy atom. The van der Waals surface area contributed by atoms with Gasteiger partial charge < -0.3 is 15.8 Å². The van der Waals surface area contributed by atoms with E-state index in [0.717, 1.165) is 23.4 Å². The maximum atomic E-state index is 12.0. The maximum Gasteiger partial charge on any atom is 0.237 e. The largest absolute Gasteiger partial charge is 0.381 e. The van der Waals surface area contributed by atoms with Gasteiger partial charge in [-0.2, -0.15) is 0 Å². The maximum absolute atomic E-state index is 12.0. The van der Waals surface area contributed by atoms with Crippen LogP contribution < -0.4 is 11.1 Å². The monoisotopic (exact) mass is 296 g/mol. The van der Waals surface area contributed by atoms with Gasteiger partial charge in [-0.15, -0.1) is 0 Å². The standard InChI is InChI=1S/C15H21ClN2O2/c16-13-4-2-1-3-11(13)5-8-18-15(19)14(17)12-6-9-20-10-7-12/h1-4,12,14H,5-10,17H2,(H,18,19). The lowest BCUT2D eigenvalue weighted by Crippen LogP contribution is -2.47. The first-order valence-corrected chi connectivity index (χ1v) is 7.40. The van der Waals surface area contributed by atoms with Crippen LogP contribution in [0, 0.1) is 5.92 Å². The van der Waals surface area contributed by atoms with Crippen molar-refractivity contribution < 1.29 is 9.53 Å². The summed E-state index contributed by atoms with van der Waals surface area (Å²) in [7, 11) is 0. The number of nitrogens with two attached hydrogens (primary N) is 1. The Balaban J connectivity index is 1.76. The SMILES string of the molecule is NC(C(=O)NCCc1ccccc1Cl)C1CCOCC1. The van der Waals surface area contributed by atoms with Crippen molar-refractivity contribution in [1.82, 2.24) is 5.32 Å². The number of amides is 1. The van der Waals surface area contributed by atoms with E-state index < -0.39 is 6.04 Å². The van der Waals surface area contributed by atoms with Gasteiger partial charge >= 0.3 is 0 Å². The molecule has 0 bridgehead atoms. The van der Waals surface area contributed by atoms with Crippen LogP contribution in [0.3, 0.4) is 0 Å². The Hall–Kier alpha value is -1.10. The Kier molecular flexibility index (Phi) is 5.83.